The summed E-state index contributed by atoms with van der Waals surface area (Å²) in [5.41, 5.74) is 2.12. The Morgan fingerprint density at radius 3 is 2.25 bits per heavy atom. The van der Waals surface area contributed by atoms with Crippen molar-refractivity contribution in [3.8, 4) is 0 Å². The molecule has 0 atom stereocenters. The molecule has 2 aromatic carbocycles. The van der Waals surface area contributed by atoms with E-state index in [2.05, 4.69) is 4.72 Å². The number of hydrogen-bond acceptors (Lipinski definition) is 3. The lowest BCUT2D eigenvalue weighted by Crippen LogP contribution is -2.14. The van der Waals surface area contributed by atoms with Crippen molar-refractivity contribution < 1.29 is 19.0 Å². The van der Waals surface area contributed by atoms with Gasteiger partial charge in [-0.05, 0) is 43.7 Å². The third kappa shape index (κ3) is 5.04. The van der Waals surface area contributed by atoms with Crippen molar-refractivity contribution in [2.24, 2.45) is 0 Å². The number of aryl methyl sites for hydroxylation is 2. The Kier molecular flexibility index (Phi) is 7.38. The number of ether oxygens (including phenoxy) is 1. The van der Waals surface area contributed by atoms with Gasteiger partial charge in [0.1, 0.15) is 5.82 Å². The Labute approximate surface area is 145 Å². The van der Waals surface area contributed by atoms with Crippen LogP contribution in [-0.4, -0.2) is 15.5 Å². The van der Waals surface area contributed by atoms with Gasteiger partial charge in [0.2, 0.25) is 0 Å². The van der Waals surface area contributed by atoms with Crippen LogP contribution in [0.3, 0.4) is 0 Å². The van der Waals surface area contributed by atoms with Gasteiger partial charge in [-0.15, -0.1) is 0 Å². The molecular weight excluding hydrogens is 329 g/mol. The third-order valence-corrected chi connectivity index (χ3v) is 4.65. The summed E-state index contributed by atoms with van der Waals surface area (Å²) in [5, 5.41) is 0. The van der Waals surface area contributed by atoms with Crippen LogP contribution in [0.2, 0.25) is 0 Å². The van der Waals surface area contributed by atoms with Crippen LogP contribution in [-0.2, 0) is 21.4 Å². The predicted octanol–water partition coefficient (Wildman–Crippen LogP) is 4.66. The van der Waals surface area contributed by atoms with Crippen LogP contribution in [0.15, 0.2) is 41.3 Å². The largest absolute Gasteiger partial charge is 0.380 e. The third-order valence-electron chi connectivity index (χ3n) is 3.27. The van der Waals surface area contributed by atoms with Gasteiger partial charge in [0.15, 0.2) is 0 Å². The normalized spacial score (nSPS) is 10.8. The molecule has 0 saturated carbocycles. The highest BCUT2D eigenvalue weighted by Gasteiger charge is 2.16. The number of anilines is 1. The fourth-order valence-electron chi connectivity index (χ4n) is 2.01. The lowest BCUT2D eigenvalue weighted by Gasteiger charge is -2.13. The van der Waals surface area contributed by atoms with Gasteiger partial charge in [0.05, 0.1) is 17.2 Å². The van der Waals surface area contributed by atoms with Gasteiger partial charge in [-0.1, -0.05) is 31.5 Å². The number of methoxy groups -OCH3 is 1. The van der Waals surface area contributed by atoms with Crippen LogP contribution in [0.1, 0.15) is 32.0 Å². The van der Waals surface area contributed by atoms with Crippen LogP contribution in [0.4, 0.5) is 10.1 Å². The molecule has 0 aliphatic carbocycles. The van der Waals surface area contributed by atoms with Crippen LogP contribution >= 0.6 is 0 Å². The van der Waals surface area contributed by atoms with E-state index in [0.29, 0.717) is 16.8 Å². The van der Waals surface area contributed by atoms with Crippen LogP contribution in [0, 0.1) is 19.7 Å². The molecule has 0 bridgehead atoms. The molecule has 2 aromatic rings. The van der Waals surface area contributed by atoms with E-state index >= 15 is 0 Å². The highest BCUT2D eigenvalue weighted by molar-refractivity contribution is 7.92. The van der Waals surface area contributed by atoms with Crippen molar-refractivity contribution in [1.29, 1.82) is 0 Å². The maximum Gasteiger partial charge on any atom is 0.261 e. The maximum atomic E-state index is 13.8. The standard InChI is InChI=1S/C16H18FNO3S.C2H6.H2/c1-11-4-6-14(7-5-11)22(19,20)18-16-9-13(10-21-3)15(17)8-12(16)2;1-2;/h4-9,18H,10H2,1-3H3;1-2H3;1H. The molecule has 4 nitrogen and oxygen atoms in total. The van der Waals surface area contributed by atoms with Gasteiger partial charge in [-0.2, -0.15) is 0 Å². The number of nitrogens with one attached hydrogen (secondary N) is 1. The lowest BCUT2D eigenvalue weighted by atomic mass is 10.1. The summed E-state index contributed by atoms with van der Waals surface area (Å²) in [4.78, 5) is 0.162. The average molecular weight is 355 g/mol. The Balaban J connectivity index is 0.00000185. The number of halogens is 1. The highest BCUT2D eigenvalue weighted by Crippen LogP contribution is 2.24. The molecule has 6 heteroatoms. The van der Waals surface area contributed by atoms with Gasteiger partial charge in [-0.3, -0.25) is 4.72 Å². The summed E-state index contributed by atoms with van der Waals surface area (Å²) in [6.07, 6.45) is 0. The van der Waals surface area contributed by atoms with Crippen molar-refractivity contribution in [3.63, 3.8) is 0 Å². The minimum absolute atomic E-state index is 0. The van der Waals surface area contributed by atoms with Crippen molar-refractivity contribution in [1.82, 2.24) is 0 Å². The monoisotopic (exact) mass is 355 g/mol. The first kappa shape index (κ1) is 20.1. The second-order valence-electron chi connectivity index (χ2n) is 5.11. The Morgan fingerprint density at radius 2 is 1.71 bits per heavy atom. The summed E-state index contributed by atoms with van der Waals surface area (Å²) in [5.74, 6) is -0.419. The van der Waals surface area contributed by atoms with E-state index in [0.717, 1.165) is 5.56 Å². The lowest BCUT2D eigenvalue weighted by molar-refractivity contribution is 0.181. The van der Waals surface area contributed by atoms with Gasteiger partial charge >= 0.3 is 0 Å². The molecule has 0 aliphatic heterocycles. The van der Waals surface area contributed by atoms with E-state index < -0.39 is 15.8 Å². The zero-order valence-corrected chi connectivity index (χ0v) is 15.5. The molecule has 0 radical (unpaired) electrons. The van der Waals surface area contributed by atoms with Crippen molar-refractivity contribution in [2.45, 2.75) is 39.2 Å². The second-order valence-corrected chi connectivity index (χ2v) is 6.79. The van der Waals surface area contributed by atoms with Gasteiger partial charge in [0.25, 0.3) is 10.0 Å². The van der Waals surface area contributed by atoms with Crippen molar-refractivity contribution >= 4 is 15.7 Å². The first-order valence-electron chi connectivity index (χ1n) is 7.71. The molecule has 0 amide bonds. The molecule has 0 unspecified atom stereocenters. The van der Waals surface area contributed by atoms with E-state index in [1.807, 2.05) is 20.8 Å². The minimum atomic E-state index is -3.71. The molecule has 0 aromatic heterocycles. The van der Waals surface area contributed by atoms with Crippen LogP contribution in [0.5, 0.6) is 0 Å². The molecule has 0 saturated heterocycles. The van der Waals surface area contributed by atoms with Crippen molar-refractivity contribution in [3.05, 3.63) is 58.9 Å². The summed E-state index contributed by atoms with van der Waals surface area (Å²) in [6, 6.07) is 9.27. The maximum absolute atomic E-state index is 13.8. The fraction of sp³-hybridized carbons (Fsp3) is 0.333. The number of benzene rings is 2. The number of hydrogen-bond donors (Lipinski definition) is 1. The van der Waals surface area contributed by atoms with Crippen LogP contribution < -0.4 is 4.72 Å². The summed E-state index contributed by atoms with van der Waals surface area (Å²) < 4.78 is 45.9. The van der Waals surface area contributed by atoms with E-state index in [1.54, 1.807) is 19.1 Å². The molecule has 1 N–H and O–H groups in total. The summed E-state index contributed by atoms with van der Waals surface area (Å²) in [6.45, 7) is 7.60. The molecule has 0 heterocycles. The second kappa shape index (κ2) is 8.80. The van der Waals surface area contributed by atoms with Crippen LogP contribution in [0.25, 0.3) is 0 Å². The van der Waals surface area contributed by atoms with Crippen molar-refractivity contribution in [2.75, 3.05) is 11.8 Å². The number of sulfonamides is 1. The van der Waals surface area contributed by atoms with Gasteiger partial charge in [-0.25, -0.2) is 12.8 Å². The molecule has 134 valence electrons. The summed E-state index contributed by atoms with van der Waals surface area (Å²) in [7, 11) is -2.26. The Hall–Kier alpha value is -1.92. The minimum Gasteiger partial charge on any atom is -0.380 e. The van der Waals surface area contributed by atoms with Gasteiger partial charge < -0.3 is 4.74 Å². The van der Waals surface area contributed by atoms with E-state index in [1.165, 1.54) is 31.4 Å². The van der Waals surface area contributed by atoms with Gasteiger partial charge in [0, 0.05) is 14.1 Å². The first-order valence-corrected chi connectivity index (χ1v) is 9.19. The molecular formula is C18H26FNO3S. The Morgan fingerprint density at radius 1 is 1.12 bits per heavy atom. The van der Waals surface area contributed by atoms with E-state index in [4.69, 9.17) is 4.74 Å². The molecule has 2 rings (SSSR count). The Bertz CT molecular complexity index is 778. The topological polar surface area (TPSA) is 55.4 Å². The average Bonchev–Trinajstić information content (AvgIpc) is 2.54. The van der Waals surface area contributed by atoms with E-state index in [9.17, 15) is 12.8 Å². The fourth-order valence-corrected chi connectivity index (χ4v) is 3.14. The molecule has 0 fully saturated rings. The molecule has 0 aliphatic rings. The predicted molar refractivity (Wildman–Crippen MR) is 97.3 cm³/mol. The first-order chi connectivity index (χ1) is 11.3. The van der Waals surface area contributed by atoms with E-state index in [-0.39, 0.29) is 12.9 Å². The smallest absolute Gasteiger partial charge is 0.261 e. The quantitative estimate of drug-likeness (QED) is 0.848. The molecule has 0 spiro atoms. The highest BCUT2D eigenvalue weighted by atomic mass is 32.2. The zero-order chi connectivity index (χ0) is 18.3. The number of rotatable bonds is 5. The SMILES string of the molecule is CC.COCc1cc(NS(=O)(=O)c2ccc(C)cc2)c(C)cc1F.[HH]. The summed E-state index contributed by atoms with van der Waals surface area (Å²) >= 11 is 0. The molecule has 24 heavy (non-hydrogen) atoms. The zero-order valence-electron chi connectivity index (χ0n) is 14.7.